The average Bonchev–Trinajstić information content (AvgIpc) is 2.53. The Balaban J connectivity index is 2.69. The molecule has 1 N–H and O–H groups in total. The van der Waals surface area contributed by atoms with Gasteiger partial charge in [0.15, 0.2) is 0 Å². The number of aliphatic imine (C=N–C) groups is 1. The molecule has 24 heavy (non-hydrogen) atoms. The van der Waals surface area contributed by atoms with Gasteiger partial charge in [-0.25, -0.2) is 4.79 Å². The molecule has 0 bridgehead atoms. The molecular formula is C21H24N2O. The number of benzene rings is 2. The molecule has 0 aliphatic carbocycles. The van der Waals surface area contributed by atoms with Crippen LogP contribution in [0.1, 0.15) is 37.5 Å². The first-order valence-electron chi connectivity index (χ1n) is 8.06. The standard InChI is InChI=1S/C21H24N2O/c1-15-10-9-11-16(2)18(15)23-20(21(3,4)5)19(22-14-24)17-12-7-6-8-13-17/h6-13,23H,1-5H3/b20-19-. The SMILES string of the molecule is Cc1cccc(C)c1N/C(=C(\N=C=O)c1ccccc1)C(C)(C)C. The van der Waals surface area contributed by atoms with Gasteiger partial charge in [-0.15, -0.1) is 0 Å². The number of carbonyl (C=O) groups excluding carboxylic acids is 1. The number of anilines is 1. The second kappa shape index (κ2) is 7.29. The van der Waals surface area contributed by atoms with Crippen molar-refractivity contribution in [2.75, 3.05) is 5.32 Å². The van der Waals surface area contributed by atoms with Crippen molar-refractivity contribution >= 4 is 17.5 Å². The minimum absolute atomic E-state index is 0.222. The Labute approximate surface area is 144 Å². The fourth-order valence-electron chi connectivity index (χ4n) is 2.64. The van der Waals surface area contributed by atoms with E-state index >= 15 is 0 Å². The van der Waals surface area contributed by atoms with Crippen LogP contribution in [0.15, 0.2) is 59.2 Å². The fraction of sp³-hybridized carbons (Fsp3) is 0.286. The van der Waals surface area contributed by atoms with Crippen LogP contribution in [-0.4, -0.2) is 6.08 Å². The summed E-state index contributed by atoms with van der Waals surface area (Å²) in [6.45, 7) is 10.5. The molecule has 3 heteroatoms. The van der Waals surface area contributed by atoms with E-state index in [1.165, 1.54) is 0 Å². The molecule has 0 unspecified atom stereocenters. The highest BCUT2D eigenvalue weighted by molar-refractivity contribution is 5.76. The number of aryl methyl sites for hydroxylation is 2. The number of allylic oxidation sites excluding steroid dienone is 1. The third-order valence-electron chi connectivity index (χ3n) is 3.92. The molecule has 0 aliphatic heterocycles. The lowest BCUT2D eigenvalue weighted by Crippen LogP contribution is -2.20. The maximum atomic E-state index is 11.1. The average molecular weight is 320 g/mol. The van der Waals surface area contributed by atoms with E-state index in [0.29, 0.717) is 5.70 Å². The summed E-state index contributed by atoms with van der Waals surface area (Å²) in [6, 6.07) is 15.9. The first kappa shape index (κ1) is 17.7. The van der Waals surface area contributed by atoms with E-state index in [1.807, 2.05) is 36.4 Å². The quantitative estimate of drug-likeness (QED) is 0.600. The predicted octanol–water partition coefficient (Wildman–Crippen LogP) is 5.47. The molecule has 0 spiro atoms. The number of nitrogens with one attached hydrogen (secondary N) is 1. The van der Waals surface area contributed by atoms with Crippen LogP contribution in [0.5, 0.6) is 0 Å². The monoisotopic (exact) mass is 320 g/mol. The van der Waals surface area contributed by atoms with Crippen LogP contribution in [0.2, 0.25) is 0 Å². The summed E-state index contributed by atoms with van der Waals surface area (Å²) in [4.78, 5) is 15.1. The zero-order chi connectivity index (χ0) is 17.7. The van der Waals surface area contributed by atoms with Crippen LogP contribution >= 0.6 is 0 Å². The maximum Gasteiger partial charge on any atom is 0.240 e. The maximum absolute atomic E-state index is 11.1. The molecule has 2 rings (SSSR count). The molecule has 0 saturated heterocycles. The van der Waals surface area contributed by atoms with Crippen molar-refractivity contribution in [1.82, 2.24) is 0 Å². The van der Waals surface area contributed by atoms with Crippen LogP contribution in [-0.2, 0) is 4.79 Å². The van der Waals surface area contributed by atoms with Crippen LogP contribution in [0.3, 0.4) is 0 Å². The molecule has 0 fully saturated rings. The lowest BCUT2D eigenvalue weighted by Gasteiger charge is -2.28. The lowest BCUT2D eigenvalue weighted by atomic mass is 9.88. The summed E-state index contributed by atoms with van der Waals surface area (Å²) in [5.41, 5.74) is 5.55. The molecule has 3 nitrogen and oxygen atoms in total. The van der Waals surface area contributed by atoms with Gasteiger partial charge in [-0.1, -0.05) is 69.3 Å². The normalized spacial score (nSPS) is 12.2. The van der Waals surface area contributed by atoms with Crippen molar-refractivity contribution in [2.45, 2.75) is 34.6 Å². The Morgan fingerprint density at radius 1 is 0.958 bits per heavy atom. The number of hydrogen-bond donors (Lipinski definition) is 1. The van der Waals surface area contributed by atoms with Crippen LogP contribution in [0.4, 0.5) is 5.69 Å². The van der Waals surface area contributed by atoms with Gasteiger partial charge in [0.25, 0.3) is 0 Å². The molecule has 2 aromatic rings. The second-order valence-corrected chi connectivity index (χ2v) is 6.93. The zero-order valence-electron chi connectivity index (χ0n) is 15.0. The summed E-state index contributed by atoms with van der Waals surface area (Å²) in [7, 11) is 0. The van der Waals surface area contributed by atoms with Crippen LogP contribution < -0.4 is 5.32 Å². The minimum Gasteiger partial charge on any atom is -0.356 e. The van der Waals surface area contributed by atoms with E-state index in [-0.39, 0.29) is 5.41 Å². The molecule has 0 atom stereocenters. The van der Waals surface area contributed by atoms with Crippen molar-refractivity contribution < 1.29 is 4.79 Å². The summed E-state index contributed by atoms with van der Waals surface area (Å²) in [5.74, 6) is 0. The molecule has 0 aliphatic rings. The predicted molar refractivity (Wildman–Crippen MR) is 100 cm³/mol. The smallest absolute Gasteiger partial charge is 0.240 e. The molecule has 124 valence electrons. The molecule has 0 heterocycles. The first-order valence-corrected chi connectivity index (χ1v) is 8.06. The third-order valence-corrected chi connectivity index (χ3v) is 3.92. The van der Waals surface area contributed by atoms with Gasteiger partial charge >= 0.3 is 0 Å². The molecule has 0 aromatic heterocycles. The highest BCUT2D eigenvalue weighted by Gasteiger charge is 2.24. The van der Waals surface area contributed by atoms with E-state index in [0.717, 1.165) is 28.1 Å². The highest BCUT2D eigenvalue weighted by atomic mass is 16.1. The van der Waals surface area contributed by atoms with Crippen molar-refractivity contribution in [1.29, 1.82) is 0 Å². The molecule has 2 aromatic carbocycles. The van der Waals surface area contributed by atoms with Crippen LogP contribution in [0.25, 0.3) is 5.70 Å². The summed E-state index contributed by atoms with van der Waals surface area (Å²) < 4.78 is 0. The number of para-hydroxylation sites is 1. The summed E-state index contributed by atoms with van der Waals surface area (Å²) in [5, 5.41) is 3.55. The van der Waals surface area contributed by atoms with Crippen molar-refractivity contribution in [3.05, 3.63) is 70.9 Å². The van der Waals surface area contributed by atoms with Gasteiger partial charge in [0.2, 0.25) is 6.08 Å². The van der Waals surface area contributed by atoms with Crippen molar-refractivity contribution in [3.8, 4) is 0 Å². The van der Waals surface area contributed by atoms with Crippen molar-refractivity contribution in [3.63, 3.8) is 0 Å². The van der Waals surface area contributed by atoms with E-state index in [1.54, 1.807) is 6.08 Å². The second-order valence-electron chi connectivity index (χ2n) is 6.93. The van der Waals surface area contributed by atoms with E-state index in [9.17, 15) is 4.79 Å². The van der Waals surface area contributed by atoms with Gasteiger partial charge in [0, 0.05) is 22.4 Å². The largest absolute Gasteiger partial charge is 0.356 e. The Hall–Kier alpha value is -2.64. The van der Waals surface area contributed by atoms with Gasteiger partial charge in [-0.05, 0) is 25.0 Å². The molecule has 0 saturated carbocycles. The van der Waals surface area contributed by atoms with Gasteiger partial charge in [0.1, 0.15) is 5.70 Å². The Kier molecular flexibility index (Phi) is 5.38. The number of nitrogens with zero attached hydrogens (tertiary/aromatic N) is 1. The molecular weight excluding hydrogens is 296 g/mol. The topological polar surface area (TPSA) is 41.5 Å². The number of rotatable bonds is 4. The molecule has 0 amide bonds. The van der Waals surface area contributed by atoms with Gasteiger partial charge < -0.3 is 5.32 Å². The highest BCUT2D eigenvalue weighted by Crippen LogP contribution is 2.35. The Morgan fingerprint density at radius 2 is 1.54 bits per heavy atom. The van der Waals surface area contributed by atoms with E-state index < -0.39 is 0 Å². The minimum atomic E-state index is -0.222. The number of isocyanates is 1. The fourth-order valence-corrected chi connectivity index (χ4v) is 2.64. The van der Waals surface area contributed by atoms with E-state index in [2.05, 4.69) is 57.1 Å². The molecule has 0 radical (unpaired) electrons. The first-order chi connectivity index (χ1) is 11.3. The van der Waals surface area contributed by atoms with Gasteiger partial charge in [-0.2, -0.15) is 4.99 Å². The van der Waals surface area contributed by atoms with Crippen molar-refractivity contribution in [2.24, 2.45) is 10.4 Å². The Bertz CT molecular complexity index is 772. The van der Waals surface area contributed by atoms with Crippen LogP contribution in [0, 0.1) is 19.3 Å². The lowest BCUT2D eigenvalue weighted by molar-refractivity contribution is 0.508. The van der Waals surface area contributed by atoms with E-state index in [4.69, 9.17) is 0 Å². The zero-order valence-corrected chi connectivity index (χ0v) is 15.0. The number of hydrogen-bond acceptors (Lipinski definition) is 3. The summed E-state index contributed by atoms with van der Waals surface area (Å²) >= 11 is 0. The Morgan fingerprint density at radius 3 is 2.04 bits per heavy atom. The van der Waals surface area contributed by atoms with Gasteiger partial charge in [0.05, 0.1) is 0 Å². The van der Waals surface area contributed by atoms with Gasteiger partial charge in [-0.3, -0.25) is 0 Å². The summed E-state index contributed by atoms with van der Waals surface area (Å²) in [6.07, 6.45) is 1.71. The third kappa shape index (κ3) is 4.01.